The summed E-state index contributed by atoms with van der Waals surface area (Å²) in [6.45, 7) is 5.36. The monoisotopic (exact) mass is 312 g/mol. The topological polar surface area (TPSA) is 59.1 Å². The molecule has 1 aromatic carbocycles. The lowest BCUT2D eigenvalue weighted by molar-refractivity contribution is -0.110. The Hall–Kier alpha value is -2.19. The summed E-state index contributed by atoms with van der Waals surface area (Å²) in [5.74, 6) is -0.155. The number of carbonyl (C=O) groups is 1. The van der Waals surface area contributed by atoms with E-state index in [2.05, 4.69) is 10.3 Å². The predicted molar refractivity (Wildman–Crippen MR) is 91.0 cm³/mol. The minimum Gasteiger partial charge on any atom is -0.321 e. The van der Waals surface area contributed by atoms with Gasteiger partial charge in [-0.25, -0.2) is 0 Å². The number of aromatic nitrogens is 1. The molecule has 0 saturated heterocycles. The van der Waals surface area contributed by atoms with Crippen molar-refractivity contribution >= 4 is 35.7 Å². The Morgan fingerprint density at radius 3 is 2.64 bits per heavy atom. The van der Waals surface area contributed by atoms with E-state index in [0.717, 1.165) is 22.3 Å². The minimum atomic E-state index is -2.35. The number of rotatable bonds is 2. The standard InChI is InChI=1S/C17H17N2O2P/c1-11-5-4-6-12(18-11)9-15-14-8-7-13(22(2,3)21)10-16(14)19-17(15)20/h4-10H,1-3H3,(H,19,20)/b15-9-. The minimum absolute atomic E-state index is 0.155. The summed E-state index contributed by atoms with van der Waals surface area (Å²) in [6.07, 6.45) is 1.78. The first-order valence-electron chi connectivity index (χ1n) is 7.01. The van der Waals surface area contributed by atoms with E-state index in [9.17, 15) is 9.36 Å². The highest BCUT2D eigenvalue weighted by atomic mass is 31.2. The molecule has 3 rings (SSSR count). The van der Waals surface area contributed by atoms with Crippen LogP contribution in [0.15, 0.2) is 36.4 Å². The summed E-state index contributed by atoms with van der Waals surface area (Å²) in [5, 5.41) is 3.60. The van der Waals surface area contributed by atoms with Crippen molar-refractivity contribution in [3.63, 3.8) is 0 Å². The van der Waals surface area contributed by atoms with Gasteiger partial charge >= 0.3 is 0 Å². The zero-order chi connectivity index (χ0) is 15.9. The van der Waals surface area contributed by atoms with Crippen LogP contribution in [-0.2, 0) is 9.36 Å². The number of hydrogen-bond donors (Lipinski definition) is 1. The van der Waals surface area contributed by atoms with Gasteiger partial charge in [-0.1, -0.05) is 18.2 Å². The first kappa shape index (κ1) is 14.7. The lowest BCUT2D eigenvalue weighted by Crippen LogP contribution is -2.06. The largest absolute Gasteiger partial charge is 0.321 e. The van der Waals surface area contributed by atoms with Gasteiger partial charge in [0.05, 0.1) is 11.3 Å². The fraction of sp³-hybridized carbons (Fsp3) is 0.176. The Balaban J connectivity index is 2.07. The first-order valence-corrected chi connectivity index (χ1v) is 9.61. The SMILES string of the molecule is Cc1cccc(/C=C2\C(=O)Nc3cc(P(C)(C)=O)ccc32)n1. The molecular formula is C17H17N2O2P. The average Bonchev–Trinajstić information content (AvgIpc) is 2.73. The Bertz CT molecular complexity index is 849. The van der Waals surface area contributed by atoms with Gasteiger partial charge in [0, 0.05) is 22.2 Å². The molecule has 1 aromatic heterocycles. The van der Waals surface area contributed by atoms with Gasteiger partial charge < -0.3 is 9.88 Å². The number of benzene rings is 1. The van der Waals surface area contributed by atoms with Crippen LogP contribution in [0.5, 0.6) is 0 Å². The molecule has 5 heteroatoms. The average molecular weight is 312 g/mol. The van der Waals surface area contributed by atoms with Crippen molar-refractivity contribution in [3.05, 3.63) is 53.3 Å². The van der Waals surface area contributed by atoms with Crippen LogP contribution in [0.1, 0.15) is 17.0 Å². The maximum Gasteiger partial charge on any atom is 0.256 e. The molecule has 0 radical (unpaired) electrons. The lowest BCUT2D eigenvalue weighted by Gasteiger charge is -2.08. The van der Waals surface area contributed by atoms with Crippen molar-refractivity contribution in [2.24, 2.45) is 0 Å². The van der Waals surface area contributed by atoms with Gasteiger partial charge in [-0.15, -0.1) is 0 Å². The second kappa shape index (κ2) is 5.22. The molecule has 2 heterocycles. The fourth-order valence-corrected chi connectivity index (χ4v) is 3.33. The van der Waals surface area contributed by atoms with E-state index in [1.807, 2.05) is 37.3 Å². The molecule has 2 aromatic rings. The Kier molecular flexibility index (Phi) is 3.50. The molecule has 22 heavy (non-hydrogen) atoms. The van der Waals surface area contributed by atoms with Crippen LogP contribution in [0.25, 0.3) is 11.6 Å². The molecule has 0 saturated carbocycles. The molecule has 0 bridgehead atoms. The molecular weight excluding hydrogens is 295 g/mol. The lowest BCUT2D eigenvalue weighted by atomic mass is 10.1. The number of anilines is 1. The van der Waals surface area contributed by atoms with Crippen molar-refractivity contribution in [3.8, 4) is 0 Å². The van der Waals surface area contributed by atoms with Crippen LogP contribution in [-0.4, -0.2) is 24.2 Å². The Labute approximate surface area is 129 Å². The van der Waals surface area contributed by atoms with Gasteiger partial charge in [0.25, 0.3) is 5.91 Å². The fourth-order valence-electron chi connectivity index (χ4n) is 2.45. The number of hydrogen-bond acceptors (Lipinski definition) is 3. The highest BCUT2D eigenvalue weighted by Gasteiger charge is 2.26. The maximum absolute atomic E-state index is 12.2. The van der Waals surface area contributed by atoms with E-state index >= 15 is 0 Å². The van der Waals surface area contributed by atoms with E-state index in [4.69, 9.17) is 0 Å². The molecule has 1 aliphatic rings. The Morgan fingerprint density at radius 1 is 1.18 bits per heavy atom. The van der Waals surface area contributed by atoms with Crippen LogP contribution in [0.4, 0.5) is 5.69 Å². The molecule has 112 valence electrons. The summed E-state index contributed by atoms with van der Waals surface area (Å²) >= 11 is 0. The van der Waals surface area contributed by atoms with Crippen LogP contribution in [0, 0.1) is 6.92 Å². The number of fused-ring (bicyclic) bond motifs is 1. The van der Waals surface area contributed by atoms with Crippen LogP contribution >= 0.6 is 7.14 Å². The highest BCUT2D eigenvalue weighted by molar-refractivity contribution is 7.70. The Morgan fingerprint density at radius 2 is 1.95 bits per heavy atom. The third kappa shape index (κ3) is 2.75. The quantitative estimate of drug-likeness (QED) is 0.684. The zero-order valence-electron chi connectivity index (χ0n) is 12.8. The molecule has 1 aliphatic heterocycles. The number of carbonyl (C=O) groups excluding carboxylic acids is 1. The number of pyridine rings is 1. The molecule has 1 N–H and O–H groups in total. The van der Waals surface area contributed by atoms with E-state index in [0.29, 0.717) is 11.3 Å². The molecule has 4 nitrogen and oxygen atoms in total. The third-order valence-electron chi connectivity index (χ3n) is 3.61. The van der Waals surface area contributed by atoms with Gasteiger partial charge in [0.1, 0.15) is 7.14 Å². The van der Waals surface area contributed by atoms with Crippen molar-refractivity contribution in [2.75, 3.05) is 18.6 Å². The number of nitrogens with zero attached hydrogens (tertiary/aromatic N) is 1. The van der Waals surface area contributed by atoms with E-state index in [-0.39, 0.29) is 5.91 Å². The van der Waals surface area contributed by atoms with E-state index < -0.39 is 7.14 Å². The molecule has 0 atom stereocenters. The molecule has 0 spiro atoms. The van der Waals surface area contributed by atoms with Gasteiger partial charge in [-0.3, -0.25) is 9.78 Å². The summed E-state index contributed by atoms with van der Waals surface area (Å²) in [6, 6.07) is 11.2. The van der Waals surface area contributed by atoms with Crippen molar-refractivity contribution in [1.82, 2.24) is 4.98 Å². The van der Waals surface area contributed by atoms with Crippen molar-refractivity contribution < 1.29 is 9.36 Å². The number of nitrogens with one attached hydrogen (secondary N) is 1. The first-order chi connectivity index (χ1) is 10.3. The van der Waals surface area contributed by atoms with E-state index in [1.54, 1.807) is 25.5 Å². The summed E-state index contributed by atoms with van der Waals surface area (Å²) in [5.41, 5.74) is 3.78. The molecule has 0 unspecified atom stereocenters. The zero-order valence-corrected chi connectivity index (χ0v) is 13.6. The van der Waals surface area contributed by atoms with Gasteiger partial charge in [-0.2, -0.15) is 0 Å². The van der Waals surface area contributed by atoms with Gasteiger partial charge in [0.15, 0.2) is 0 Å². The summed E-state index contributed by atoms with van der Waals surface area (Å²) in [4.78, 5) is 16.6. The van der Waals surface area contributed by atoms with Crippen LogP contribution in [0.2, 0.25) is 0 Å². The number of aryl methyl sites for hydroxylation is 1. The maximum atomic E-state index is 12.2. The summed E-state index contributed by atoms with van der Waals surface area (Å²) in [7, 11) is -2.35. The summed E-state index contributed by atoms with van der Waals surface area (Å²) < 4.78 is 12.2. The second-order valence-electron chi connectivity index (χ2n) is 5.80. The number of amides is 1. The van der Waals surface area contributed by atoms with E-state index in [1.165, 1.54) is 0 Å². The van der Waals surface area contributed by atoms with Gasteiger partial charge in [-0.05, 0) is 44.5 Å². The van der Waals surface area contributed by atoms with Crippen molar-refractivity contribution in [2.45, 2.75) is 6.92 Å². The highest BCUT2D eigenvalue weighted by Crippen LogP contribution is 2.39. The molecule has 1 amide bonds. The normalized spacial score (nSPS) is 15.8. The smallest absolute Gasteiger partial charge is 0.256 e. The second-order valence-corrected chi connectivity index (χ2v) is 9.01. The third-order valence-corrected chi connectivity index (χ3v) is 5.13. The molecule has 0 fully saturated rings. The van der Waals surface area contributed by atoms with Crippen LogP contribution < -0.4 is 10.6 Å². The van der Waals surface area contributed by atoms with Gasteiger partial charge in [0.2, 0.25) is 0 Å². The molecule has 0 aliphatic carbocycles. The van der Waals surface area contributed by atoms with Crippen molar-refractivity contribution in [1.29, 1.82) is 0 Å². The predicted octanol–water partition coefficient (Wildman–Crippen LogP) is 3.13. The van der Waals surface area contributed by atoms with Crippen LogP contribution in [0.3, 0.4) is 0 Å².